The van der Waals surface area contributed by atoms with Crippen molar-refractivity contribution in [1.29, 1.82) is 0 Å². The molecule has 3 aromatic rings. The summed E-state index contributed by atoms with van der Waals surface area (Å²) in [5, 5.41) is 0. The Labute approximate surface area is 202 Å². The van der Waals surface area contributed by atoms with Crippen LogP contribution < -0.4 is 4.74 Å². The highest BCUT2D eigenvalue weighted by Crippen LogP contribution is 2.21. The van der Waals surface area contributed by atoms with Crippen molar-refractivity contribution in [2.24, 2.45) is 5.92 Å². The van der Waals surface area contributed by atoms with Crippen LogP contribution in [0.15, 0.2) is 76.0 Å². The fraction of sp³-hybridized carbons (Fsp3) is 0.346. The number of methoxy groups -OCH3 is 1. The first-order chi connectivity index (χ1) is 16.2. The van der Waals surface area contributed by atoms with Crippen LogP contribution in [0.1, 0.15) is 30.9 Å². The van der Waals surface area contributed by atoms with E-state index in [2.05, 4.69) is 0 Å². The van der Waals surface area contributed by atoms with Crippen molar-refractivity contribution >= 4 is 15.9 Å². The van der Waals surface area contributed by atoms with E-state index in [9.17, 15) is 13.2 Å². The van der Waals surface area contributed by atoms with Crippen LogP contribution in [-0.2, 0) is 27.9 Å². The van der Waals surface area contributed by atoms with E-state index in [0.717, 1.165) is 11.3 Å². The maximum Gasteiger partial charge on any atom is 0.243 e. The molecule has 0 atom stereocenters. The molecule has 0 N–H and O–H groups in total. The molecule has 0 saturated carbocycles. The van der Waals surface area contributed by atoms with Gasteiger partial charge in [-0.1, -0.05) is 44.2 Å². The third-order valence-corrected chi connectivity index (χ3v) is 7.12. The number of hydrogen-bond acceptors (Lipinski definition) is 5. The molecular formula is C26H32N2O5S. The molecule has 0 radical (unpaired) electrons. The number of furan rings is 1. The Hall–Kier alpha value is -3.10. The predicted octanol–water partition coefficient (Wildman–Crippen LogP) is 4.47. The number of amides is 1. The van der Waals surface area contributed by atoms with E-state index in [-0.39, 0.29) is 36.4 Å². The molecule has 0 fully saturated rings. The second-order valence-electron chi connectivity index (χ2n) is 8.61. The summed E-state index contributed by atoms with van der Waals surface area (Å²) in [6.07, 6.45) is 0. The Morgan fingerprint density at radius 3 is 2.21 bits per heavy atom. The Morgan fingerprint density at radius 1 is 0.971 bits per heavy atom. The van der Waals surface area contributed by atoms with Crippen molar-refractivity contribution in [2.75, 3.05) is 20.2 Å². The Balaban J connectivity index is 1.87. The van der Waals surface area contributed by atoms with E-state index < -0.39 is 10.0 Å². The normalized spacial score (nSPS) is 11.7. The molecule has 0 aliphatic heterocycles. The number of sulfonamides is 1. The summed E-state index contributed by atoms with van der Waals surface area (Å²) >= 11 is 0. The molecule has 0 aliphatic rings. The third-order valence-electron chi connectivity index (χ3n) is 5.29. The fourth-order valence-corrected chi connectivity index (χ4v) is 5.15. The monoisotopic (exact) mass is 484 g/mol. The van der Waals surface area contributed by atoms with E-state index in [1.165, 1.54) is 23.5 Å². The molecule has 8 heteroatoms. The minimum absolute atomic E-state index is 0.0381. The standard InChI is InChI=1S/C26H32N2O5S/c1-20(2)16-28(34(30,31)25-14-12-23(32-4)13-15-25)19-26(29)27(17-22-8-6-5-7-9-22)18-24-11-10-21(3)33-24/h5-15,20H,16-19H2,1-4H3. The van der Waals surface area contributed by atoms with Gasteiger partial charge < -0.3 is 14.1 Å². The van der Waals surface area contributed by atoms with Gasteiger partial charge in [0.15, 0.2) is 0 Å². The van der Waals surface area contributed by atoms with E-state index >= 15 is 0 Å². The zero-order chi connectivity index (χ0) is 24.7. The Morgan fingerprint density at radius 2 is 1.65 bits per heavy atom. The molecule has 1 heterocycles. The van der Waals surface area contributed by atoms with Gasteiger partial charge in [0.2, 0.25) is 15.9 Å². The average molecular weight is 485 g/mol. The molecule has 182 valence electrons. The van der Waals surface area contributed by atoms with Crippen LogP contribution in [0.25, 0.3) is 0 Å². The van der Waals surface area contributed by atoms with Gasteiger partial charge in [-0.2, -0.15) is 4.31 Å². The second kappa shape index (κ2) is 11.4. The van der Waals surface area contributed by atoms with Crippen molar-refractivity contribution in [1.82, 2.24) is 9.21 Å². The molecule has 0 aliphatic carbocycles. The summed E-state index contributed by atoms with van der Waals surface area (Å²) in [7, 11) is -2.36. The topological polar surface area (TPSA) is 80.1 Å². The maximum atomic E-state index is 13.5. The number of nitrogens with zero attached hydrogens (tertiary/aromatic N) is 2. The summed E-state index contributed by atoms with van der Waals surface area (Å²) in [6, 6.07) is 19.5. The van der Waals surface area contributed by atoms with Gasteiger partial charge in [-0.05, 0) is 54.8 Å². The molecule has 0 saturated heterocycles. The van der Waals surface area contributed by atoms with Gasteiger partial charge in [0.1, 0.15) is 17.3 Å². The van der Waals surface area contributed by atoms with Crippen LogP contribution in [0.3, 0.4) is 0 Å². The maximum absolute atomic E-state index is 13.5. The van der Waals surface area contributed by atoms with Gasteiger partial charge in [-0.25, -0.2) is 8.42 Å². The highest BCUT2D eigenvalue weighted by Gasteiger charge is 2.29. The van der Waals surface area contributed by atoms with Crippen LogP contribution in [-0.4, -0.2) is 43.7 Å². The zero-order valence-corrected chi connectivity index (χ0v) is 20.9. The molecule has 2 aromatic carbocycles. The largest absolute Gasteiger partial charge is 0.497 e. The first-order valence-corrected chi connectivity index (χ1v) is 12.6. The lowest BCUT2D eigenvalue weighted by Gasteiger charge is -2.28. The number of carbonyl (C=O) groups is 1. The summed E-state index contributed by atoms with van der Waals surface area (Å²) in [5.74, 6) is 1.71. The second-order valence-corrected chi connectivity index (χ2v) is 10.6. The van der Waals surface area contributed by atoms with E-state index in [1.54, 1.807) is 17.0 Å². The van der Waals surface area contributed by atoms with Crippen molar-refractivity contribution in [3.05, 3.63) is 83.8 Å². The van der Waals surface area contributed by atoms with Crippen molar-refractivity contribution in [3.8, 4) is 5.75 Å². The molecule has 0 spiro atoms. The quantitative estimate of drug-likeness (QED) is 0.401. The molecule has 0 bridgehead atoms. The summed E-state index contributed by atoms with van der Waals surface area (Å²) in [5.41, 5.74) is 0.951. The van der Waals surface area contributed by atoms with E-state index in [0.29, 0.717) is 18.1 Å². The highest BCUT2D eigenvalue weighted by molar-refractivity contribution is 7.89. The van der Waals surface area contributed by atoms with Gasteiger partial charge in [0.25, 0.3) is 0 Å². The van der Waals surface area contributed by atoms with E-state index in [1.807, 2.05) is 63.2 Å². The summed E-state index contributed by atoms with van der Waals surface area (Å²) in [4.78, 5) is 15.2. The predicted molar refractivity (Wildman–Crippen MR) is 131 cm³/mol. The number of aryl methyl sites for hydroxylation is 1. The lowest BCUT2D eigenvalue weighted by molar-refractivity contribution is -0.133. The number of benzene rings is 2. The van der Waals surface area contributed by atoms with Crippen molar-refractivity contribution in [2.45, 2.75) is 38.8 Å². The molecule has 7 nitrogen and oxygen atoms in total. The van der Waals surface area contributed by atoms with Gasteiger partial charge in [0.05, 0.1) is 25.1 Å². The van der Waals surface area contributed by atoms with Crippen LogP contribution in [0.5, 0.6) is 5.75 Å². The minimum atomic E-state index is -3.88. The van der Waals surface area contributed by atoms with Gasteiger partial charge >= 0.3 is 0 Å². The summed E-state index contributed by atoms with van der Waals surface area (Å²) < 4.78 is 39.0. The molecule has 0 unspecified atom stereocenters. The molecule has 1 aromatic heterocycles. The van der Waals surface area contributed by atoms with Crippen LogP contribution in [0.2, 0.25) is 0 Å². The third kappa shape index (κ3) is 6.71. The molecule has 34 heavy (non-hydrogen) atoms. The number of ether oxygens (including phenoxy) is 1. The Bertz CT molecular complexity index is 1170. The lowest BCUT2D eigenvalue weighted by Crippen LogP contribution is -2.43. The molecular weight excluding hydrogens is 452 g/mol. The van der Waals surface area contributed by atoms with E-state index in [4.69, 9.17) is 9.15 Å². The number of hydrogen-bond donors (Lipinski definition) is 0. The van der Waals surface area contributed by atoms with Crippen LogP contribution >= 0.6 is 0 Å². The average Bonchev–Trinajstić information content (AvgIpc) is 3.23. The van der Waals surface area contributed by atoms with Crippen LogP contribution in [0, 0.1) is 12.8 Å². The minimum Gasteiger partial charge on any atom is -0.497 e. The smallest absolute Gasteiger partial charge is 0.243 e. The highest BCUT2D eigenvalue weighted by atomic mass is 32.2. The zero-order valence-electron chi connectivity index (χ0n) is 20.1. The van der Waals surface area contributed by atoms with Crippen LogP contribution in [0.4, 0.5) is 0 Å². The van der Waals surface area contributed by atoms with Gasteiger partial charge in [0, 0.05) is 13.1 Å². The fourth-order valence-electron chi connectivity index (χ4n) is 3.60. The van der Waals surface area contributed by atoms with Gasteiger partial charge in [-0.3, -0.25) is 4.79 Å². The van der Waals surface area contributed by atoms with Crippen molar-refractivity contribution < 1.29 is 22.4 Å². The SMILES string of the molecule is COc1ccc(S(=O)(=O)N(CC(=O)N(Cc2ccccc2)Cc2ccc(C)o2)CC(C)C)cc1. The first-order valence-electron chi connectivity index (χ1n) is 11.2. The first kappa shape index (κ1) is 25.5. The molecule has 3 rings (SSSR count). The number of rotatable bonds is 11. The summed E-state index contributed by atoms with van der Waals surface area (Å²) in [6.45, 7) is 6.25. The Kier molecular flexibility index (Phi) is 8.52. The van der Waals surface area contributed by atoms with Gasteiger partial charge in [-0.15, -0.1) is 0 Å². The lowest BCUT2D eigenvalue weighted by atomic mass is 10.2. The van der Waals surface area contributed by atoms with Crippen molar-refractivity contribution in [3.63, 3.8) is 0 Å². The number of carbonyl (C=O) groups excluding carboxylic acids is 1. The molecule has 1 amide bonds.